The zero-order valence-electron chi connectivity index (χ0n) is 13.7. The van der Waals surface area contributed by atoms with E-state index in [1.54, 1.807) is 18.3 Å². The average Bonchev–Trinajstić information content (AvgIpc) is 2.59. The second-order valence-electron chi connectivity index (χ2n) is 6.73. The third-order valence-corrected chi connectivity index (χ3v) is 5.15. The first-order chi connectivity index (χ1) is 11.6. The molecule has 2 fully saturated rings. The minimum Gasteiger partial charge on any atom is -0.474 e. The number of ether oxygens (including phenoxy) is 1. The third-order valence-electron chi connectivity index (χ3n) is 4.92. The van der Waals surface area contributed by atoms with Crippen molar-refractivity contribution in [2.75, 3.05) is 0 Å². The number of carbonyl (C=O) groups is 2. The van der Waals surface area contributed by atoms with Crippen LogP contribution in [0, 0.1) is 5.92 Å². The van der Waals surface area contributed by atoms with E-state index in [2.05, 4.69) is 10.3 Å². The molecule has 0 saturated heterocycles. The summed E-state index contributed by atoms with van der Waals surface area (Å²) in [4.78, 5) is 27.7. The zero-order chi connectivity index (χ0) is 16.9. The van der Waals surface area contributed by atoms with Crippen molar-refractivity contribution in [2.24, 2.45) is 5.92 Å². The van der Waals surface area contributed by atoms with Gasteiger partial charge in [-0.05, 0) is 44.6 Å². The van der Waals surface area contributed by atoms with Crippen molar-refractivity contribution in [1.29, 1.82) is 0 Å². The van der Waals surface area contributed by atoms with E-state index in [4.69, 9.17) is 16.3 Å². The van der Waals surface area contributed by atoms with Crippen LogP contribution in [0.5, 0.6) is 5.88 Å². The van der Waals surface area contributed by atoms with Crippen LogP contribution in [0.4, 0.5) is 0 Å². The number of hydrogen-bond donors (Lipinski definition) is 1. The van der Waals surface area contributed by atoms with E-state index in [9.17, 15) is 9.59 Å². The summed E-state index contributed by atoms with van der Waals surface area (Å²) >= 11 is 5.82. The number of amides is 1. The van der Waals surface area contributed by atoms with Crippen molar-refractivity contribution in [1.82, 2.24) is 10.3 Å². The summed E-state index contributed by atoms with van der Waals surface area (Å²) in [5, 5.41) is 3.75. The maximum Gasteiger partial charge on any atom is 0.223 e. The Morgan fingerprint density at radius 3 is 2.46 bits per heavy atom. The van der Waals surface area contributed by atoms with Gasteiger partial charge in [-0.3, -0.25) is 9.59 Å². The molecule has 2 saturated carbocycles. The van der Waals surface area contributed by atoms with E-state index < -0.39 is 0 Å². The SMILES string of the molecule is O=C1CCC(C(=O)NC2CCC(Oc3ccc(Cl)cn3)CC2)CC1. The van der Waals surface area contributed by atoms with E-state index in [0.717, 1.165) is 25.7 Å². The van der Waals surface area contributed by atoms with Crippen LogP contribution >= 0.6 is 11.6 Å². The van der Waals surface area contributed by atoms with Crippen LogP contribution in [-0.2, 0) is 9.59 Å². The number of nitrogens with one attached hydrogen (secondary N) is 1. The van der Waals surface area contributed by atoms with E-state index in [1.165, 1.54) is 0 Å². The lowest BCUT2D eigenvalue weighted by Crippen LogP contribution is -2.43. The van der Waals surface area contributed by atoms with Gasteiger partial charge >= 0.3 is 0 Å². The van der Waals surface area contributed by atoms with Crippen LogP contribution in [-0.4, -0.2) is 28.8 Å². The van der Waals surface area contributed by atoms with Gasteiger partial charge in [-0.25, -0.2) is 4.98 Å². The summed E-state index contributed by atoms with van der Waals surface area (Å²) in [5.74, 6) is 1.01. The van der Waals surface area contributed by atoms with E-state index in [-0.39, 0.29) is 29.8 Å². The maximum atomic E-state index is 12.3. The molecule has 1 amide bonds. The Bertz CT molecular complexity index is 572. The fraction of sp³-hybridized carbons (Fsp3) is 0.611. The zero-order valence-corrected chi connectivity index (χ0v) is 14.4. The summed E-state index contributed by atoms with van der Waals surface area (Å²) in [7, 11) is 0. The standard InChI is InChI=1S/C18H23ClN2O3/c19-13-3-10-17(20-11-13)24-16-8-4-14(5-9-16)21-18(23)12-1-6-15(22)7-2-12/h3,10-12,14,16H,1-2,4-9H2,(H,21,23). The predicted octanol–water partition coefficient (Wildman–Crippen LogP) is 3.30. The van der Waals surface area contributed by atoms with Gasteiger partial charge in [0.15, 0.2) is 0 Å². The highest BCUT2D eigenvalue weighted by molar-refractivity contribution is 6.30. The molecule has 1 heterocycles. The predicted molar refractivity (Wildman–Crippen MR) is 91.0 cm³/mol. The number of ketones is 1. The van der Waals surface area contributed by atoms with Crippen molar-refractivity contribution in [3.63, 3.8) is 0 Å². The number of halogens is 1. The Balaban J connectivity index is 1.41. The van der Waals surface area contributed by atoms with Crippen LogP contribution in [0.15, 0.2) is 18.3 Å². The van der Waals surface area contributed by atoms with Gasteiger partial charge in [0, 0.05) is 37.1 Å². The van der Waals surface area contributed by atoms with Gasteiger partial charge < -0.3 is 10.1 Å². The fourth-order valence-corrected chi connectivity index (χ4v) is 3.56. The van der Waals surface area contributed by atoms with Gasteiger partial charge in [0.05, 0.1) is 5.02 Å². The normalized spacial score (nSPS) is 25.3. The number of pyridine rings is 1. The van der Waals surface area contributed by atoms with Crippen molar-refractivity contribution in [3.05, 3.63) is 23.4 Å². The summed E-state index contributed by atoms with van der Waals surface area (Å²) < 4.78 is 5.87. The summed E-state index contributed by atoms with van der Waals surface area (Å²) in [6.07, 6.45) is 7.84. The van der Waals surface area contributed by atoms with Crippen molar-refractivity contribution < 1.29 is 14.3 Å². The number of Topliss-reactive ketones (excluding diaryl/α,β-unsaturated/α-hetero) is 1. The molecule has 0 aromatic carbocycles. The van der Waals surface area contributed by atoms with Crippen LogP contribution in [0.2, 0.25) is 5.02 Å². The molecule has 1 aromatic heterocycles. The van der Waals surface area contributed by atoms with Crippen LogP contribution in [0.3, 0.4) is 0 Å². The first kappa shape index (κ1) is 17.2. The molecule has 24 heavy (non-hydrogen) atoms. The Hall–Kier alpha value is -1.62. The first-order valence-corrected chi connectivity index (χ1v) is 9.08. The molecule has 0 bridgehead atoms. The third kappa shape index (κ3) is 4.69. The van der Waals surface area contributed by atoms with E-state index in [1.807, 2.05) is 0 Å². The smallest absolute Gasteiger partial charge is 0.223 e. The molecule has 0 atom stereocenters. The Labute approximate surface area is 147 Å². The minimum absolute atomic E-state index is 0.00920. The maximum absolute atomic E-state index is 12.3. The van der Waals surface area contributed by atoms with Crippen molar-refractivity contribution in [3.8, 4) is 5.88 Å². The summed E-state index contributed by atoms with van der Waals surface area (Å²) in [5.41, 5.74) is 0. The number of aromatic nitrogens is 1. The molecule has 3 rings (SSSR count). The molecular formula is C18H23ClN2O3. The van der Waals surface area contributed by atoms with Crippen LogP contribution < -0.4 is 10.1 Å². The molecule has 130 valence electrons. The van der Waals surface area contributed by atoms with Gasteiger partial charge in [-0.2, -0.15) is 0 Å². The van der Waals surface area contributed by atoms with Crippen molar-refractivity contribution >= 4 is 23.3 Å². The lowest BCUT2D eigenvalue weighted by atomic mass is 9.86. The lowest BCUT2D eigenvalue weighted by molar-refractivity contribution is -0.129. The summed E-state index contributed by atoms with van der Waals surface area (Å²) in [6, 6.07) is 3.76. The number of rotatable bonds is 4. The average molecular weight is 351 g/mol. The van der Waals surface area contributed by atoms with E-state index in [0.29, 0.717) is 36.6 Å². The number of carbonyl (C=O) groups excluding carboxylic acids is 2. The molecule has 0 radical (unpaired) electrons. The Morgan fingerprint density at radius 2 is 1.83 bits per heavy atom. The fourth-order valence-electron chi connectivity index (χ4n) is 3.45. The largest absolute Gasteiger partial charge is 0.474 e. The lowest BCUT2D eigenvalue weighted by Gasteiger charge is -2.30. The molecule has 0 spiro atoms. The molecule has 5 nitrogen and oxygen atoms in total. The molecule has 1 aromatic rings. The second-order valence-corrected chi connectivity index (χ2v) is 7.16. The van der Waals surface area contributed by atoms with Gasteiger partial charge in [0.25, 0.3) is 0 Å². The Kier molecular flexibility index (Phi) is 5.72. The van der Waals surface area contributed by atoms with Gasteiger partial charge in [-0.1, -0.05) is 11.6 Å². The summed E-state index contributed by atoms with van der Waals surface area (Å²) in [6.45, 7) is 0. The highest BCUT2D eigenvalue weighted by Crippen LogP contribution is 2.25. The molecule has 0 aliphatic heterocycles. The minimum atomic E-state index is 0.00920. The quantitative estimate of drug-likeness (QED) is 0.904. The van der Waals surface area contributed by atoms with Gasteiger partial charge in [0.1, 0.15) is 11.9 Å². The van der Waals surface area contributed by atoms with Crippen LogP contribution in [0.25, 0.3) is 0 Å². The first-order valence-electron chi connectivity index (χ1n) is 8.70. The number of nitrogens with zero attached hydrogens (tertiary/aromatic N) is 1. The van der Waals surface area contributed by atoms with Crippen molar-refractivity contribution in [2.45, 2.75) is 63.5 Å². The molecule has 6 heteroatoms. The Morgan fingerprint density at radius 1 is 1.12 bits per heavy atom. The van der Waals surface area contributed by atoms with Gasteiger partial charge in [0.2, 0.25) is 11.8 Å². The highest BCUT2D eigenvalue weighted by Gasteiger charge is 2.28. The topological polar surface area (TPSA) is 68.3 Å². The molecule has 2 aliphatic carbocycles. The number of hydrogen-bond acceptors (Lipinski definition) is 4. The van der Waals surface area contributed by atoms with E-state index >= 15 is 0 Å². The van der Waals surface area contributed by atoms with Crippen LogP contribution in [0.1, 0.15) is 51.4 Å². The monoisotopic (exact) mass is 350 g/mol. The highest BCUT2D eigenvalue weighted by atomic mass is 35.5. The molecular weight excluding hydrogens is 328 g/mol. The molecule has 2 aliphatic rings. The molecule has 1 N–H and O–H groups in total. The van der Waals surface area contributed by atoms with Gasteiger partial charge in [-0.15, -0.1) is 0 Å². The second kappa shape index (κ2) is 7.97. The molecule has 0 unspecified atom stereocenters.